The van der Waals surface area contributed by atoms with Crippen molar-refractivity contribution in [3.63, 3.8) is 0 Å². The fourth-order valence-corrected chi connectivity index (χ4v) is 3.57. The minimum atomic E-state index is -0.392. The van der Waals surface area contributed by atoms with Crippen molar-refractivity contribution in [3.05, 3.63) is 63.6 Å². The molecule has 0 aliphatic heterocycles. The predicted molar refractivity (Wildman–Crippen MR) is 123 cm³/mol. The minimum Gasteiger partial charge on any atom is -0.495 e. The molecular weight excluding hydrogens is 454 g/mol. The number of methoxy groups -OCH3 is 2. The van der Waals surface area contributed by atoms with Crippen LogP contribution in [0.2, 0.25) is 5.02 Å². The van der Waals surface area contributed by atoms with E-state index in [4.69, 9.17) is 25.8 Å². The lowest BCUT2D eigenvalue weighted by Gasteiger charge is -2.18. The van der Waals surface area contributed by atoms with Gasteiger partial charge in [-0.1, -0.05) is 11.6 Å². The van der Waals surface area contributed by atoms with E-state index in [-0.39, 0.29) is 12.5 Å². The molecule has 0 aliphatic carbocycles. The zero-order valence-corrected chi connectivity index (χ0v) is 19.3. The van der Waals surface area contributed by atoms with E-state index in [1.165, 1.54) is 37.5 Å². The van der Waals surface area contributed by atoms with E-state index in [0.717, 1.165) is 5.69 Å². The van der Waals surface area contributed by atoms with Crippen LogP contribution < -0.4 is 19.5 Å². The van der Waals surface area contributed by atoms with Crippen LogP contribution in [0.1, 0.15) is 16.1 Å². The molecule has 0 saturated carbocycles. The number of ether oxygens (including phenoxy) is 3. The van der Waals surface area contributed by atoms with Gasteiger partial charge in [0.15, 0.2) is 11.5 Å². The van der Waals surface area contributed by atoms with Crippen LogP contribution in [0, 0.1) is 0 Å². The summed E-state index contributed by atoms with van der Waals surface area (Å²) in [7, 11) is 4.53. The third-order valence-electron chi connectivity index (χ3n) is 4.43. The van der Waals surface area contributed by atoms with Crippen molar-refractivity contribution >= 4 is 40.4 Å². The number of hydrogen-bond acceptors (Lipinski definition) is 7. The van der Waals surface area contributed by atoms with Crippen molar-refractivity contribution < 1.29 is 23.8 Å². The van der Waals surface area contributed by atoms with Gasteiger partial charge in [0.05, 0.1) is 37.7 Å². The Morgan fingerprint density at radius 2 is 1.84 bits per heavy atom. The Balaban J connectivity index is 1.64. The summed E-state index contributed by atoms with van der Waals surface area (Å²) in [4.78, 5) is 30.8. The van der Waals surface area contributed by atoms with Gasteiger partial charge in [0.1, 0.15) is 12.4 Å². The van der Waals surface area contributed by atoms with Gasteiger partial charge < -0.3 is 24.4 Å². The number of nitrogens with zero attached hydrogens (tertiary/aromatic N) is 2. The zero-order chi connectivity index (χ0) is 23.1. The van der Waals surface area contributed by atoms with E-state index in [1.54, 1.807) is 41.9 Å². The molecule has 1 aromatic heterocycles. The summed E-state index contributed by atoms with van der Waals surface area (Å²) in [6, 6.07) is 9.74. The van der Waals surface area contributed by atoms with Gasteiger partial charge in [-0.3, -0.25) is 9.59 Å². The molecule has 32 heavy (non-hydrogen) atoms. The highest BCUT2D eigenvalue weighted by Gasteiger charge is 2.18. The van der Waals surface area contributed by atoms with Gasteiger partial charge in [0.25, 0.3) is 5.91 Å². The average molecular weight is 476 g/mol. The van der Waals surface area contributed by atoms with Gasteiger partial charge in [0.2, 0.25) is 5.91 Å². The predicted octanol–water partition coefficient (Wildman–Crippen LogP) is 4.10. The Labute approximate surface area is 194 Å². The number of aromatic nitrogens is 1. The molecule has 1 heterocycles. The topological polar surface area (TPSA) is 90.0 Å². The smallest absolute Gasteiger partial charge is 0.254 e. The first-order valence-corrected chi connectivity index (χ1v) is 10.8. The fourth-order valence-electron chi connectivity index (χ4n) is 2.86. The quantitative estimate of drug-likeness (QED) is 0.501. The van der Waals surface area contributed by atoms with Gasteiger partial charge in [-0.05, 0) is 36.4 Å². The average Bonchev–Trinajstić information content (AvgIpc) is 3.30. The third-order valence-corrected chi connectivity index (χ3v) is 5.30. The number of rotatable bonds is 9. The first-order chi connectivity index (χ1) is 15.4. The molecule has 0 aliphatic rings. The van der Waals surface area contributed by atoms with E-state index in [2.05, 4.69) is 10.3 Å². The number of likely N-dealkylation sites (N-methyl/N-ethyl adjacent to an activating group) is 1. The number of carbonyl (C=O) groups is 2. The first-order valence-electron chi connectivity index (χ1n) is 9.48. The molecule has 2 aromatic carbocycles. The Bertz CT molecular complexity index is 1090. The van der Waals surface area contributed by atoms with Crippen LogP contribution in [0.15, 0.2) is 47.3 Å². The molecule has 1 N–H and O–H groups in total. The van der Waals surface area contributed by atoms with Crippen molar-refractivity contribution in [2.24, 2.45) is 0 Å². The van der Waals surface area contributed by atoms with E-state index in [9.17, 15) is 9.59 Å². The highest BCUT2D eigenvalue weighted by molar-refractivity contribution is 7.07. The van der Waals surface area contributed by atoms with Gasteiger partial charge >= 0.3 is 0 Å². The van der Waals surface area contributed by atoms with Crippen LogP contribution in [-0.2, 0) is 11.4 Å². The summed E-state index contributed by atoms with van der Waals surface area (Å²) in [5.41, 5.74) is 3.32. The monoisotopic (exact) mass is 475 g/mol. The second kappa shape index (κ2) is 10.8. The van der Waals surface area contributed by atoms with Crippen molar-refractivity contribution in [2.45, 2.75) is 6.61 Å². The number of nitrogens with one attached hydrogen (secondary N) is 1. The lowest BCUT2D eigenvalue weighted by molar-refractivity contribution is -0.116. The van der Waals surface area contributed by atoms with Crippen molar-refractivity contribution in [1.82, 2.24) is 9.88 Å². The number of amides is 2. The summed E-state index contributed by atoms with van der Waals surface area (Å²) in [5.74, 6) is 0.631. The maximum atomic E-state index is 12.8. The standard InChI is InChI=1S/C22H22ClN3O5S/c1-26(10-21(27)25-17-9-15(23)5-7-18(17)29-2)22(28)14-4-6-19(20(8-14)30-3)31-11-16-12-32-13-24-16/h4-9,12-13H,10-11H2,1-3H3,(H,25,27). The first kappa shape index (κ1) is 23.4. The van der Waals surface area contributed by atoms with Crippen LogP contribution in [0.4, 0.5) is 5.69 Å². The Morgan fingerprint density at radius 3 is 2.53 bits per heavy atom. The number of halogens is 1. The van der Waals surface area contributed by atoms with Crippen molar-refractivity contribution in [3.8, 4) is 17.2 Å². The molecule has 0 spiro atoms. The normalized spacial score (nSPS) is 10.4. The van der Waals surface area contributed by atoms with Crippen LogP contribution in [0.25, 0.3) is 0 Å². The number of benzene rings is 2. The Morgan fingerprint density at radius 1 is 1.09 bits per heavy atom. The Kier molecular flexibility index (Phi) is 7.91. The SMILES string of the molecule is COc1ccc(Cl)cc1NC(=O)CN(C)C(=O)c1ccc(OCc2cscn2)c(OC)c1. The number of carbonyl (C=O) groups excluding carboxylic acids is 2. The van der Waals surface area contributed by atoms with Gasteiger partial charge in [-0.25, -0.2) is 4.98 Å². The highest BCUT2D eigenvalue weighted by Crippen LogP contribution is 2.30. The molecule has 0 unspecified atom stereocenters. The second-order valence-electron chi connectivity index (χ2n) is 6.69. The molecule has 3 rings (SSSR count). The minimum absolute atomic E-state index is 0.168. The molecule has 0 atom stereocenters. The van der Waals surface area contributed by atoms with Gasteiger partial charge in [0, 0.05) is 23.0 Å². The second-order valence-corrected chi connectivity index (χ2v) is 7.84. The molecule has 0 fully saturated rings. The summed E-state index contributed by atoms with van der Waals surface area (Å²) >= 11 is 7.47. The van der Waals surface area contributed by atoms with E-state index >= 15 is 0 Å². The molecule has 8 nitrogen and oxygen atoms in total. The van der Waals surface area contributed by atoms with Crippen LogP contribution in [0.3, 0.4) is 0 Å². The summed E-state index contributed by atoms with van der Waals surface area (Å²) in [6.45, 7) is 0.124. The van der Waals surface area contributed by atoms with Gasteiger partial charge in [-0.15, -0.1) is 11.3 Å². The Hall–Kier alpha value is -3.30. The largest absolute Gasteiger partial charge is 0.495 e. The molecule has 3 aromatic rings. The van der Waals surface area contributed by atoms with Crippen LogP contribution >= 0.6 is 22.9 Å². The summed E-state index contributed by atoms with van der Waals surface area (Å²) in [5, 5.41) is 5.05. The molecule has 2 amide bonds. The molecule has 0 bridgehead atoms. The van der Waals surface area contributed by atoms with E-state index < -0.39 is 5.91 Å². The molecule has 168 valence electrons. The maximum Gasteiger partial charge on any atom is 0.254 e. The van der Waals surface area contributed by atoms with Crippen molar-refractivity contribution in [2.75, 3.05) is 33.1 Å². The van der Waals surface area contributed by atoms with Crippen LogP contribution in [-0.4, -0.2) is 49.5 Å². The highest BCUT2D eigenvalue weighted by atomic mass is 35.5. The lowest BCUT2D eigenvalue weighted by Crippen LogP contribution is -2.35. The van der Waals surface area contributed by atoms with Gasteiger partial charge in [-0.2, -0.15) is 0 Å². The third kappa shape index (κ3) is 5.89. The van der Waals surface area contributed by atoms with E-state index in [1.807, 2.05) is 5.38 Å². The summed E-state index contributed by atoms with van der Waals surface area (Å²) in [6.07, 6.45) is 0. The number of anilines is 1. The van der Waals surface area contributed by atoms with Crippen molar-refractivity contribution in [1.29, 1.82) is 0 Å². The molecule has 0 radical (unpaired) electrons. The van der Waals surface area contributed by atoms with E-state index in [0.29, 0.717) is 40.1 Å². The number of hydrogen-bond donors (Lipinski definition) is 1. The zero-order valence-electron chi connectivity index (χ0n) is 17.8. The maximum absolute atomic E-state index is 12.8. The molecule has 0 saturated heterocycles. The molecule has 10 heteroatoms. The summed E-state index contributed by atoms with van der Waals surface area (Å²) < 4.78 is 16.3. The fraction of sp³-hybridized carbons (Fsp3) is 0.227. The lowest BCUT2D eigenvalue weighted by atomic mass is 10.1. The number of thiazole rings is 1. The molecular formula is C22H22ClN3O5S. The van der Waals surface area contributed by atoms with Crippen LogP contribution in [0.5, 0.6) is 17.2 Å².